The molecule has 0 unspecified atom stereocenters. The molecule has 11 heteroatoms. The summed E-state index contributed by atoms with van der Waals surface area (Å²) in [6, 6.07) is 0. The van der Waals surface area contributed by atoms with Gasteiger partial charge < -0.3 is 6.16 Å². The van der Waals surface area contributed by atoms with Crippen LogP contribution in [-0.2, 0) is 19.6 Å². The number of hydrogen-bond acceptors (Lipinski definition) is 4. The molecule has 0 saturated heterocycles. The third kappa shape index (κ3) is 6.44. The minimum absolute atomic E-state index is 0. The maximum Gasteiger partial charge on any atom is 1.00 e. The van der Waals surface area contributed by atoms with Crippen LogP contribution in [0.3, 0.4) is 0 Å². The van der Waals surface area contributed by atoms with E-state index in [0.29, 0.717) is 0 Å². The molecule has 5 nitrogen and oxygen atoms in total. The normalized spacial score (nSPS) is 17.2. The number of halogens is 4. The van der Waals surface area contributed by atoms with Crippen molar-refractivity contribution in [3.8, 4) is 0 Å². The Kier molecular flexibility index (Phi) is 9.74. The van der Waals surface area contributed by atoms with Crippen LogP contribution in [0.2, 0.25) is 0 Å². The molecule has 1 fully saturated rings. The average molecular weight is 388 g/mol. The van der Waals surface area contributed by atoms with Gasteiger partial charge in [0.05, 0.1) is 12.5 Å². The van der Waals surface area contributed by atoms with Gasteiger partial charge in [-0.25, -0.2) is 0 Å². The Balaban J connectivity index is 0. The van der Waals surface area contributed by atoms with Crippen molar-refractivity contribution in [3.63, 3.8) is 0 Å². The molecule has 0 aliphatic heterocycles. The van der Waals surface area contributed by atoms with E-state index in [1.165, 1.54) is 0 Å². The van der Waals surface area contributed by atoms with E-state index in [9.17, 15) is 30.8 Å². The molecule has 1 N–H and O–H groups in total. The molecule has 0 atom stereocenters. The maximum atomic E-state index is 13.2. The van der Waals surface area contributed by atoms with E-state index in [4.69, 9.17) is 9.29 Å². The molecule has 0 aromatic heterocycles. The van der Waals surface area contributed by atoms with Crippen LogP contribution in [0.1, 0.15) is 52.8 Å². The zero-order valence-corrected chi connectivity index (χ0v) is 16.3. The Bertz CT molecular complexity index is 513. The molecule has 24 heavy (non-hydrogen) atoms. The second-order valence-electron chi connectivity index (χ2n) is 5.66. The summed E-state index contributed by atoms with van der Waals surface area (Å²) in [5.41, 5.74) is 0. The molecule has 1 aliphatic carbocycles. The van der Waals surface area contributed by atoms with Gasteiger partial charge in [-0.15, -0.1) is 0 Å². The summed E-state index contributed by atoms with van der Waals surface area (Å²) in [4.78, 5) is 11.6. The average Bonchev–Trinajstić information content (AvgIpc) is 2.46. The third-order valence-corrected chi connectivity index (χ3v) is 4.76. The van der Waals surface area contributed by atoms with Crippen molar-refractivity contribution in [2.45, 2.75) is 62.5 Å². The summed E-state index contributed by atoms with van der Waals surface area (Å²) in [7, 11) is -6.20. The smallest absolute Gasteiger partial charge is 1.00 e. The minimum Gasteiger partial charge on any atom is -1.00 e. The predicted octanol–water partition coefficient (Wildman–Crippen LogP) is 0.513. The first kappa shape index (κ1) is 24.1. The van der Waals surface area contributed by atoms with Gasteiger partial charge in [0.2, 0.25) is 0 Å². The summed E-state index contributed by atoms with van der Waals surface area (Å²) in [5, 5.41) is -5.54. The molecule has 0 spiro atoms. The summed E-state index contributed by atoms with van der Waals surface area (Å²) in [6.07, 6.45) is 2.33. The minimum atomic E-state index is -6.20. The number of unbranched alkanes of at least 4 members (excludes halogenated alkanes) is 1. The summed E-state index contributed by atoms with van der Waals surface area (Å²) >= 11 is 0. The second-order valence-corrected chi connectivity index (χ2v) is 7.12. The Morgan fingerprint density at radius 2 is 1.67 bits per heavy atom. The van der Waals surface area contributed by atoms with Crippen molar-refractivity contribution in [1.29, 1.82) is 0 Å². The van der Waals surface area contributed by atoms with Crippen LogP contribution < -0.4 is 29.6 Å². The van der Waals surface area contributed by atoms with E-state index in [0.717, 1.165) is 32.1 Å². The van der Waals surface area contributed by atoms with Crippen LogP contribution in [0.4, 0.5) is 17.6 Å². The number of carbonyl (C=O) groups excluding carboxylic acids is 1. The van der Waals surface area contributed by atoms with Gasteiger partial charge in [0.1, 0.15) is 0 Å². The molecular weight excluding hydrogens is 367 g/mol. The molecule has 0 radical (unpaired) electrons. The van der Waals surface area contributed by atoms with E-state index in [1.54, 1.807) is 0 Å². The molecule has 138 valence electrons. The number of ether oxygens (including phenoxy) is 1. The quantitative estimate of drug-likeness (QED) is 0.216. The van der Waals surface area contributed by atoms with Gasteiger partial charge in [0.15, 0.2) is 0 Å². The molecule has 1 aliphatic rings. The monoisotopic (exact) mass is 388 g/mol. The Hall–Kier alpha value is 0.1000. The van der Waals surface area contributed by atoms with E-state index in [-0.39, 0.29) is 49.9 Å². The summed E-state index contributed by atoms with van der Waals surface area (Å²) in [5.74, 6) is -5.51. The molecule has 0 bridgehead atoms. The Labute approximate surface area is 162 Å². The van der Waals surface area contributed by atoms with Crippen molar-refractivity contribution < 1.29 is 71.0 Å². The van der Waals surface area contributed by atoms with Gasteiger partial charge in [-0.2, -0.15) is 26.0 Å². The number of alkyl halides is 4. The maximum absolute atomic E-state index is 13.2. The van der Waals surface area contributed by atoms with Gasteiger partial charge in [0.25, 0.3) is 0 Å². The van der Waals surface area contributed by atoms with Gasteiger partial charge >= 0.3 is 56.8 Å². The number of esters is 1. The van der Waals surface area contributed by atoms with Crippen molar-refractivity contribution in [1.82, 2.24) is 0 Å². The molecular formula is C13H21F4NaO5S. The van der Waals surface area contributed by atoms with E-state index >= 15 is 0 Å². The first-order chi connectivity index (χ1) is 10.5. The van der Waals surface area contributed by atoms with Crippen LogP contribution in [-0.4, -0.2) is 36.7 Å². The largest absolute Gasteiger partial charge is 1.00 e. The Morgan fingerprint density at radius 3 is 2.17 bits per heavy atom. The van der Waals surface area contributed by atoms with Gasteiger partial charge in [-0.1, -0.05) is 19.3 Å². The van der Waals surface area contributed by atoms with Crippen molar-refractivity contribution in [2.75, 3.05) is 6.61 Å². The van der Waals surface area contributed by atoms with Gasteiger partial charge in [-0.05, 0) is 25.7 Å². The van der Waals surface area contributed by atoms with E-state index in [2.05, 4.69) is 0 Å². The van der Waals surface area contributed by atoms with Gasteiger partial charge in [-0.3, -0.25) is 9.35 Å². The fraction of sp³-hybridized carbons (Fsp3) is 0.923. The molecule has 0 aromatic carbocycles. The van der Waals surface area contributed by atoms with Crippen molar-refractivity contribution >= 4 is 16.1 Å². The zero-order chi connectivity index (χ0) is 17.7. The second kappa shape index (κ2) is 9.70. The third-order valence-electron chi connectivity index (χ3n) is 3.82. The molecule has 0 heterocycles. The fourth-order valence-corrected chi connectivity index (χ4v) is 2.89. The number of carbonyl (C=O) groups is 1. The van der Waals surface area contributed by atoms with Crippen LogP contribution in [0.5, 0.6) is 0 Å². The summed E-state index contributed by atoms with van der Waals surface area (Å²) < 4.78 is 85.9. The molecule has 0 amide bonds. The van der Waals surface area contributed by atoms with E-state index in [1.807, 2.05) is 0 Å². The standard InChI is InChI=1S/C13H20F4O5S.Na.H/c14-12(15,13(16,17)23(19,20)21)8-4-5-9-22-11(18)10-6-2-1-3-7-10;;/h10H,1-9H2,(H,19,20,21);;/q;+1;-1. The van der Waals surface area contributed by atoms with Crippen LogP contribution in [0.25, 0.3) is 0 Å². The van der Waals surface area contributed by atoms with E-state index < -0.39 is 40.1 Å². The summed E-state index contributed by atoms with van der Waals surface area (Å²) in [6.45, 7) is -0.192. The van der Waals surface area contributed by atoms with Gasteiger partial charge in [0, 0.05) is 6.42 Å². The molecule has 1 rings (SSSR count). The van der Waals surface area contributed by atoms with Crippen LogP contribution in [0, 0.1) is 5.92 Å². The molecule has 1 saturated carbocycles. The van der Waals surface area contributed by atoms with Crippen LogP contribution >= 0.6 is 0 Å². The fourth-order valence-electron chi connectivity index (χ4n) is 2.41. The number of hydrogen-bond donors (Lipinski definition) is 1. The first-order valence-corrected chi connectivity index (χ1v) is 8.82. The first-order valence-electron chi connectivity index (χ1n) is 7.38. The van der Waals surface area contributed by atoms with Crippen molar-refractivity contribution in [2.24, 2.45) is 5.92 Å². The predicted molar refractivity (Wildman–Crippen MR) is 73.9 cm³/mol. The van der Waals surface area contributed by atoms with Crippen molar-refractivity contribution in [3.05, 3.63) is 0 Å². The van der Waals surface area contributed by atoms with Crippen LogP contribution in [0.15, 0.2) is 0 Å². The number of rotatable bonds is 8. The SMILES string of the molecule is O=C(OCCCCC(F)(F)C(F)(F)S(=O)(=O)O)C1CCCCC1.[H-].[Na+]. The zero-order valence-electron chi connectivity index (χ0n) is 14.4. The molecule has 0 aromatic rings. The topological polar surface area (TPSA) is 80.7 Å². The Morgan fingerprint density at radius 1 is 1.12 bits per heavy atom.